The SMILES string of the molecule is COCCOc1cc(C(=O)O)cc2c1nc(Cc1cc(F)c3cc1COCc1cc(-c4ccc(=O)n(C)c4)ccc1COc1cccc-3n1)n2CC1CCO1. The number of nitrogens with zero attached hydrogens (tertiary/aromatic N) is 4. The smallest absolute Gasteiger partial charge is 0.335 e. The summed E-state index contributed by atoms with van der Waals surface area (Å²) >= 11 is 0. The number of hydrogen-bond donors (Lipinski definition) is 1. The van der Waals surface area contributed by atoms with Crippen LogP contribution in [-0.4, -0.2) is 63.2 Å². The molecule has 0 spiro atoms. The molecule has 1 saturated heterocycles. The van der Waals surface area contributed by atoms with Gasteiger partial charge in [-0.05, 0) is 82.3 Å². The Balaban J connectivity index is 1.20. The minimum Gasteiger partial charge on any atom is -0.489 e. The number of rotatable bonds is 10. The molecule has 0 aliphatic carbocycles. The van der Waals surface area contributed by atoms with Gasteiger partial charge in [0.1, 0.15) is 36.1 Å². The van der Waals surface area contributed by atoms with Gasteiger partial charge in [0.15, 0.2) is 0 Å². The number of methoxy groups -OCH3 is 1. The fourth-order valence-electron chi connectivity index (χ4n) is 6.92. The predicted molar refractivity (Wildman–Crippen MR) is 201 cm³/mol. The third-order valence-corrected chi connectivity index (χ3v) is 10.0. The zero-order valence-electron chi connectivity index (χ0n) is 30.4. The van der Waals surface area contributed by atoms with Crippen LogP contribution in [0.1, 0.15) is 44.9 Å². The number of imidazole rings is 1. The van der Waals surface area contributed by atoms with Crippen molar-refractivity contribution in [3.05, 3.63) is 129 Å². The summed E-state index contributed by atoms with van der Waals surface area (Å²) in [5.74, 6) is -0.297. The minimum atomic E-state index is -1.10. The van der Waals surface area contributed by atoms with E-state index in [0.717, 1.165) is 34.2 Å². The number of carboxylic acid groups (broad SMARTS) is 1. The van der Waals surface area contributed by atoms with Crippen molar-refractivity contribution in [2.75, 3.05) is 26.9 Å². The molecule has 3 aromatic carbocycles. The number of aryl methyl sites for hydroxylation is 1. The van der Waals surface area contributed by atoms with E-state index in [4.69, 9.17) is 28.7 Å². The van der Waals surface area contributed by atoms with Crippen LogP contribution in [0.4, 0.5) is 4.39 Å². The van der Waals surface area contributed by atoms with E-state index in [1.54, 1.807) is 56.8 Å². The second-order valence-electron chi connectivity index (χ2n) is 13.7. The normalized spacial score (nSPS) is 15.2. The topological polar surface area (TPSA) is 136 Å². The molecule has 2 aliphatic rings. The average molecular weight is 747 g/mol. The van der Waals surface area contributed by atoms with Crippen LogP contribution < -0.4 is 15.0 Å². The predicted octanol–water partition coefficient (Wildman–Crippen LogP) is 6.32. The second kappa shape index (κ2) is 15.5. The number of halogens is 1. The Hall–Kier alpha value is -5.89. The molecule has 0 radical (unpaired) electrons. The third-order valence-electron chi connectivity index (χ3n) is 10.0. The first-order valence-electron chi connectivity index (χ1n) is 18.0. The van der Waals surface area contributed by atoms with Gasteiger partial charge in [-0.2, -0.15) is 0 Å². The molecule has 13 heteroatoms. The number of aromatic carboxylic acids is 1. The summed E-state index contributed by atoms with van der Waals surface area (Å²) in [5, 5.41) is 9.98. The third kappa shape index (κ3) is 7.59. The maximum atomic E-state index is 16.2. The fourth-order valence-corrected chi connectivity index (χ4v) is 6.92. The zero-order chi connectivity index (χ0) is 38.1. The van der Waals surface area contributed by atoms with E-state index in [9.17, 15) is 14.7 Å². The van der Waals surface area contributed by atoms with Crippen LogP contribution in [0.5, 0.6) is 11.6 Å². The Morgan fingerprint density at radius 3 is 2.58 bits per heavy atom. The van der Waals surface area contributed by atoms with Crippen molar-refractivity contribution < 1.29 is 38.0 Å². The molecule has 282 valence electrons. The molecule has 2 aliphatic heterocycles. The van der Waals surface area contributed by atoms with Crippen LogP contribution in [0, 0.1) is 5.82 Å². The van der Waals surface area contributed by atoms with E-state index in [1.807, 2.05) is 22.8 Å². The highest BCUT2D eigenvalue weighted by Crippen LogP contribution is 2.34. The van der Waals surface area contributed by atoms with Crippen molar-refractivity contribution in [2.24, 2.45) is 7.05 Å². The van der Waals surface area contributed by atoms with E-state index in [0.29, 0.717) is 65.1 Å². The molecule has 5 heterocycles. The van der Waals surface area contributed by atoms with E-state index in [-0.39, 0.29) is 50.1 Å². The summed E-state index contributed by atoms with van der Waals surface area (Å²) in [6.45, 7) is 2.18. The zero-order valence-corrected chi connectivity index (χ0v) is 30.4. The summed E-state index contributed by atoms with van der Waals surface area (Å²) < 4.78 is 49.2. The van der Waals surface area contributed by atoms with Crippen LogP contribution >= 0.6 is 0 Å². The lowest BCUT2D eigenvalue weighted by Gasteiger charge is -2.27. The summed E-state index contributed by atoms with van der Waals surface area (Å²) in [6.07, 6.45) is 2.77. The molecule has 6 aromatic rings. The molecule has 12 nitrogen and oxygen atoms in total. The second-order valence-corrected chi connectivity index (χ2v) is 13.7. The van der Waals surface area contributed by atoms with Gasteiger partial charge in [-0.3, -0.25) is 4.79 Å². The van der Waals surface area contributed by atoms with E-state index in [1.165, 1.54) is 22.8 Å². The van der Waals surface area contributed by atoms with Gasteiger partial charge in [-0.25, -0.2) is 19.2 Å². The van der Waals surface area contributed by atoms with Crippen molar-refractivity contribution in [3.63, 3.8) is 0 Å². The van der Waals surface area contributed by atoms with Crippen LogP contribution in [0.15, 0.2) is 83.8 Å². The number of ether oxygens (including phenoxy) is 5. The van der Waals surface area contributed by atoms with E-state index in [2.05, 4.69) is 4.98 Å². The van der Waals surface area contributed by atoms with Gasteiger partial charge in [0.2, 0.25) is 11.4 Å². The highest BCUT2D eigenvalue weighted by molar-refractivity contribution is 5.95. The van der Waals surface area contributed by atoms with E-state index >= 15 is 4.39 Å². The number of hydrogen-bond acceptors (Lipinski definition) is 9. The summed E-state index contributed by atoms with van der Waals surface area (Å²) in [7, 11) is 3.28. The first-order valence-corrected chi connectivity index (χ1v) is 18.0. The van der Waals surface area contributed by atoms with Gasteiger partial charge in [-0.1, -0.05) is 18.2 Å². The maximum Gasteiger partial charge on any atom is 0.335 e. The molecule has 1 unspecified atom stereocenters. The molecule has 1 fully saturated rings. The minimum absolute atomic E-state index is 0.0578. The number of aromatic nitrogens is 4. The van der Waals surface area contributed by atoms with Gasteiger partial charge in [0.05, 0.1) is 49.2 Å². The van der Waals surface area contributed by atoms with Gasteiger partial charge < -0.3 is 37.9 Å². The van der Waals surface area contributed by atoms with Crippen LogP contribution in [0.2, 0.25) is 0 Å². The van der Waals surface area contributed by atoms with Gasteiger partial charge in [0.25, 0.3) is 0 Å². The number of fused-ring (bicyclic) bond motifs is 7. The summed E-state index contributed by atoms with van der Waals surface area (Å²) in [5.41, 5.74) is 6.73. The Labute approximate surface area is 315 Å². The van der Waals surface area contributed by atoms with Crippen LogP contribution in [-0.2, 0) is 54.0 Å². The van der Waals surface area contributed by atoms with Crippen molar-refractivity contribution >= 4 is 17.0 Å². The Bertz CT molecular complexity index is 2470. The van der Waals surface area contributed by atoms with Crippen molar-refractivity contribution in [1.29, 1.82) is 0 Å². The van der Waals surface area contributed by atoms with Gasteiger partial charge >= 0.3 is 5.97 Å². The molecule has 55 heavy (non-hydrogen) atoms. The fraction of sp³-hybridized carbons (Fsp3) is 0.286. The van der Waals surface area contributed by atoms with Crippen LogP contribution in [0.3, 0.4) is 0 Å². The Morgan fingerprint density at radius 2 is 1.80 bits per heavy atom. The standard InChI is InChI=1S/C42H39FN4O8/c1-46-20-26(8-9-40(46)48)25-6-7-27-24-55-39-5-3-4-35(44-39)33-15-31(23-52-22-30(27)14-25)28(16-34(33)43)19-38-45-41-36(47(38)21-32-10-11-53-32)17-29(42(49)50)18-37(41)54-13-12-51-2/h3-9,14-18,20,32H,10-13,19,21-24H2,1-2H3,(H,49,50). The highest BCUT2D eigenvalue weighted by Gasteiger charge is 2.26. The van der Waals surface area contributed by atoms with Gasteiger partial charge in [-0.15, -0.1) is 0 Å². The molecular weight excluding hydrogens is 707 g/mol. The summed E-state index contributed by atoms with van der Waals surface area (Å²) in [6, 6.07) is 20.9. The molecule has 4 bridgehead atoms. The molecule has 8 rings (SSSR count). The molecule has 0 amide bonds. The average Bonchev–Trinajstić information content (AvgIpc) is 3.50. The first-order chi connectivity index (χ1) is 26.7. The van der Waals surface area contributed by atoms with Crippen molar-refractivity contribution in [1.82, 2.24) is 19.1 Å². The number of benzene rings is 3. The lowest BCUT2D eigenvalue weighted by Crippen LogP contribution is -2.31. The first kappa shape index (κ1) is 36.1. The van der Waals surface area contributed by atoms with Crippen molar-refractivity contribution in [3.8, 4) is 34.0 Å². The summed E-state index contributed by atoms with van der Waals surface area (Å²) in [4.78, 5) is 33.9. The monoisotopic (exact) mass is 746 g/mol. The molecule has 1 N–H and O–H groups in total. The number of pyridine rings is 2. The Morgan fingerprint density at radius 1 is 0.964 bits per heavy atom. The van der Waals surface area contributed by atoms with Crippen LogP contribution in [0.25, 0.3) is 33.4 Å². The number of carboxylic acids is 1. The lowest BCUT2D eigenvalue weighted by molar-refractivity contribution is -0.0589. The largest absolute Gasteiger partial charge is 0.489 e. The van der Waals surface area contributed by atoms with Gasteiger partial charge in [0, 0.05) is 51.1 Å². The molecule has 1 atom stereocenters. The Kier molecular flexibility index (Phi) is 10.1. The number of carbonyl (C=O) groups is 1. The van der Waals surface area contributed by atoms with E-state index < -0.39 is 11.8 Å². The highest BCUT2D eigenvalue weighted by atomic mass is 19.1. The molecule has 3 aromatic heterocycles. The maximum absolute atomic E-state index is 16.2. The molecule has 0 saturated carbocycles. The van der Waals surface area contributed by atoms with Crippen molar-refractivity contribution in [2.45, 2.75) is 45.3 Å². The molecular formula is C42H39FN4O8. The quantitative estimate of drug-likeness (QED) is 0.159. The lowest BCUT2D eigenvalue weighted by atomic mass is 9.98.